The molecule has 26 heavy (non-hydrogen) atoms. The molecular formula is C22H21NO3. The second kappa shape index (κ2) is 6.79. The number of carbonyl (C=O) groups is 2. The molecule has 4 rings (SSSR count). The first-order chi connectivity index (χ1) is 12.7. The third-order valence-electron chi connectivity index (χ3n) is 5.30. The van der Waals surface area contributed by atoms with Gasteiger partial charge in [-0.25, -0.2) is 0 Å². The monoisotopic (exact) mass is 347 g/mol. The number of amides is 1. The molecule has 0 saturated carbocycles. The van der Waals surface area contributed by atoms with Crippen molar-refractivity contribution < 1.29 is 14.3 Å². The Kier molecular flexibility index (Phi) is 4.33. The van der Waals surface area contributed by atoms with Gasteiger partial charge in [0, 0.05) is 30.0 Å². The summed E-state index contributed by atoms with van der Waals surface area (Å²) in [5, 5.41) is 2.97. The Balaban J connectivity index is 1.72. The van der Waals surface area contributed by atoms with Crippen molar-refractivity contribution in [1.82, 2.24) is 5.32 Å². The zero-order chi connectivity index (χ0) is 18.1. The summed E-state index contributed by atoms with van der Waals surface area (Å²) in [4.78, 5) is 25.3. The van der Waals surface area contributed by atoms with Crippen molar-refractivity contribution in [3.05, 3.63) is 77.0 Å². The number of methoxy groups -OCH3 is 1. The highest BCUT2D eigenvalue weighted by atomic mass is 16.5. The lowest BCUT2D eigenvalue weighted by molar-refractivity contribution is -0.122. The second-order valence-corrected chi connectivity index (χ2v) is 6.91. The Morgan fingerprint density at radius 2 is 1.69 bits per heavy atom. The summed E-state index contributed by atoms with van der Waals surface area (Å²) < 4.78 is 5.31. The predicted molar refractivity (Wildman–Crippen MR) is 98.9 cm³/mol. The number of hydrogen-bond acceptors (Lipinski definition) is 3. The van der Waals surface area contributed by atoms with E-state index < -0.39 is 0 Å². The van der Waals surface area contributed by atoms with Crippen LogP contribution in [0.25, 0.3) is 0 Å². The molecule has 2 aromatic rings. The first kappa shape index (κ1) is 16.6. The lowest BCUT2D eigenvalue weighted by atomic mass is 9.73. The summed E-state index contributed by atoms with van der Waals surface area (Å²) >= 11 is 0. The molecule has 0 bridgehead atoms. The standard InChI is InChI=1S/C22H21NO3/c1-26-17-9-5-8-15(10-17)18-13-21(25)23-19-11-16(12-20(24)22(18)19)14-6-3-2-4-7-14/h2-10,16,18H,11-13H2,1H3,(H,23,25). The highest BCUT2D eigenvalue weighted by molar-refractivity contribution is 6.02. The summed E-state index contributed by atoms with van der Waals surface area (Å²) in [6, 6.07) is 17.7. The van der Waals surface area contributed by atoms with E-state index in [1.165, 1.54) is 0 Å². The van der Waals surface area contributed by atoms with Crippen LogP contribution in [0.5, 0.6) is 5.75 Å². The van der Waals surface area contributed by atoms with Crippen LogP contribution >= 0.6 is 0 Å². The molecule has 0 saturated heterocycles. The molecule has 0 fully saturated rings. The number of hydrogen-bond donors (Lipinski definition) is 1. The summed E-state index contributed by atoms with van der Waals surface area (Å²) in [6.07, 6.45) is 1.48. The van der Waals surface area contributed by atoms with E-state index in [-0.39, 0.29) is 23.5 Å². The molecule has 1 amide bonds. The molecule has 2 aromatic carbocycles. The summed E-state index contributed by atoms with van der Waals surface area (Å²) in [5.74, 6) is 0.761. The van der Waals surface area contributed by atoms with Gasteiger partial charge < -0.3 is 10.1 Å². The van der Waals surface area contributed by atoms with Gasteiger partial charge in [0.25, 0.3) is 0 Å². The Bertz CT molecular complexity index is 885. The van der Waals surface area contributed by atoms with E-state index in [0.717, 1.165) is 28.1 Å². The maximum absolute atomic E-state index is 13.0. The van der Waals surface area contributed by atoms with Crippen LogP contribution in [0.4, 0.5) is 0 Å². The van der Waals surface area contributed by atoms with Crippen molar-refractivity contribution in [1.29, 1.82) is 0 Å². The zero-order valence-corrected chi connectivity index (χ0v) is 14.7. The van der Waals surface area contributed by atoms with E-state index in [4.69, 9.17) is 4.74 Å². The van der Waals surface area contributed by atoms with Gasteiger partial charge in [-0.1, -0.05) is 42.5 Å². The number of ether oxygens (including phenoxy) is 1. The van der Waals surface area contributed by atoms with Gasteiger partial charge in [-0.05, 0) is 35.6 Å². The van der Waals surface area contributed by atoms with Crippen molar-refractivity contribution >= 4 is 11.7 Å². The van der Waals surface area contributed by atoms with Crippen molar-refractivity contribution in [3.8, 4) is 5.75 Å². The quantitative estimate of drug-likeness (QED) is 0.921. The number of benzene rings is 2. The number of allylic oxidation sites excluding steroid dienone is 2. The third-order valence-corrected chi connectivity index (χ3v) is 5.30. The van der Waals surface area contributed by atoms with Crippen LogP contribution < -0.4 is 10.1 Å². The van der Waals surface area contributed by atoms with E-state index in [2.05, 4.69) is 5.32 Å². The van der Waals surface area contributed by atoms with Gasteiger partial charge in [0.05, 0.1) is 7.11 Å². The largest absolute Gasteiger partial charge is 0.497 e. The van der Waals surface area contributed by atoms with E-state index in [1.807, 2.05) is 54.6 Å². The molecule has 1 N–H and O–H groups in total. The smallest absolute Gasteiger partial charge is 0.225 e. The molecule has 0 aromatic heterocycles. The second-order valence-electron chi connectivity index (χ2n) is 6.91. The summed E-state index contributed by atoms with van der Waals surface area (Å²) in [7, 11) is 1.62. The predicted octanol–water partition coefficient (Wildman–Crippen LogP) is 3.70. The minimum atomic E-state index is -0.196. The van der Waals surface area contributed by atoms with Crippen molar-refractivity contribution in [3.63, 3.8) is 0 Å². The third kappa shape index (κ3) is 3.03. The minimum absolute atomic E-state index is 0.0296. The molecule has 0 spiro atoms. The average Bonchev–Trinajstić information content (AvgIpc) is 2.67. The number of Topliss-reactive ketones (excluding diaryl/α,β-unsaturated/α-hetero) is 1. The Labute approximate surface area is 152 Å². The van der Waals surface area contributed by atoms with Gasteiger partial charge >= 0.3 is 0 Å². The van der Waals surface area contributed by atoms with Crippen LogP contribution in [0.2, 0.25) is 0 Å². The first-order valence-corrected chi connectivity index (χ1v) is 8.90. The normalized spacial score (nSPS) is 22.7. The molecule has 0 radical (unpaired) electrons. The van der Waals surface area contributed by atoms with Crippen molar-refractivity contribution in [2.45, 2.75) is 31.1 Å². The highest BCUT2D eigenvalue weighted by Crippen LogP contribution is 2.42. The van der Waals surface area contributed by atoms with Crippen molar-refractivity contribution in [2.75, 3.05) is 7.11 Å². The van der Waals surface area contributed by atoms with Crippen LogP contribution in [0.15, 0.2) is 65.9 Å². The van der Waals surface area contributed by atoms with Gasteiger partial charge in [-0.15, -0.1) is 0 Å². The Morgan fingerprint density at radius 3 is 2.46 bits per heavy atom. The highest BCUT2D eigenvalue weighted by Gasteiger charge is 2.38. The Hall–Kier alpha value is -2.88. The SMILES string of the molecule is COc1cccc(C2CC(=O)NC3=C2C(=O)CC(c2ccccc2)C3)c1. The average molecular weight is 347 g/mol. The fraction of sp³-hybridized carbons (Fsp3) is 0.273. The lowest BCUT2D eigenvalue weighted by Crippen LogP contribution is -2.38. The van der Waals surface area contributed by atoms with Gasteiger partial charge in [0.15, 0.2) is 5.78 Å². The van der Waals surface area contributed by atoms with Gasteiger partial charge in [0.1, 0.15) is 5.75 Å². The molecule has 1 aliphatic heterocycles. The molecule has 132 valence electrons. The van der Waals surface area contributed by atoms with Crippen LogP contribution in [-0.4, -0.2) is 18.8 Å². The minimum Gasteiger partial charge on any atom is -0.497 e. The van der Waals surface area contributed by atoms with Crippen LogP contribution in [-0.2, 0) is 9.59 Å². The maximum Gasteiger partial charge on any atom is 0.225 e. The van der Waals surface area contributed by atoms with Gasteiger partial charge in [0.2, 0.25) is 5.91 Å². The van der Waals surface area contributed by atoms with E-state index in [9.17, 15) is 9.59 Å². The molecule has 2 atom stereocenters. The number of ketones is 1. The molecule has 4 heteroatoms. The molecule has 1 heterocycles. The van der Waals surface area contributed by atoms with E-state index in [1.54, 1.807) is 7.11 Å². The van der Waals surface area contributed by atoms with Crippen LogP contribution in [0.3, 0.4) is 0 Å². The lowest BCUT2D eigenvalue weighted by Gasteiger charge is -2.34. The zero-order valence-electron chi connectivity index (χ0n) is 14.7. The molecule has 1 aliphatic carbocycles. The molecule has 4 nitrogen and oxygen atoms in total. The number of rotatable bonds is 3. The molecular weight excluding hydrogens is 326 g/mol. The van der Waals surface area contributed by atoms with Crippen molar-refractivity contribution in [2.24, 2.45) is 0 Å². The number of carbonyl (C=O) groups excluding carboxylic acids is 2. The van der Waals surface area contributed by atoms with E-state index >= 15 is 0 Å². The van der Waals surface area contributed by atoms with E-state index in [0.29, 0.717) is 19.3 Å². The summed E-state index contributed by atoms with van der Waals surface area (Å²) in [6.45, 7) is 0. The topological polar surface area (TPSA) is 55.4 Å². The van der Waals surface area contributed by atoms with Crippen LogP contribution in [0, 0.1) is 0 Å². The molecule has 2 aliphatic rings. The fourth-order valence-electron chi connectivity index (χ4n) is 4.06. The van der Waals surface area contributed by atoms with Gasteiger partial charge in [-0.2, -0.15) is 0 Å². The molecule has 2 unspecified atom stereocenters. The number of nitrogens with one attached hydrogen (secondary N) is 1. The maximum atomic E-state index is 13.0. The van der Waals surface area contributed by atoms with Crippen LogP contribution in [0.1, 0.15) is 42.2 Å². The fourth-order valence-corrected chi connectivity index (χ4v) is 4.06. The first-order valence-electron chi connectivity index (χ1n) is 8.90. The summed E-state index contributed by atoms with van der Waals surface area (Å²) in [5.41, 5.74) is 3.66. The Morgan fingerprint density at radius 1 is 0.923 bits per heavy atom. The van der Waals surface area contributed by atoms with Gasteiger partial charge in [-0.3, -0.25) is 9.59 Å².